The minimum absolute atomic E-state index is 0.0279. The van der Waals surface area contributed by atoms with Gasteiger partial charge in [-0.1, -0.05) is 6.07 Å². The van der Waals surface area contributed by atoms with Crippen LogP contribution in [0.2, 0.25) is 0 Å². The molecule has 0 saturated carbocycles. The van der Waals surface area contributed by atoms with Gasteiger partial charge in [0.05, 0.1) is 21.2 Å². The highest BCUT2D eigenvalue weighted by Gasteiger charge is 2.04. The fourth-order valence-electron chi connectivity index (χ4n) is 1.43. The highest BCUT2D eigenvalue weighted by atomic mass is 16.6. The average molecular weight is 328 g/mol. The Labute approximate surface area is 134 Å². The molecule has 2 rings (SSSR count). The Kier molecular flexibility index (Phi) is 6.85. The summed E-state index contributed by atoms with van der Waals surface area (Å²) in [5.41, 5.74) is 0.473. The molecule has 2 aromatic carbocycles. The molecule has 0 aliphatic rings. The number of rotatable bonds is 4. The van der Waals surface area contributed by atoms with Gasteiger partial charge in [-0.2, -0.15) is 9.98 Å². The van der Waals surface area contributed by atoms with Crippen molar-refractivity contribution in [3.8, 4) is 0 Å². The van der Waals surface area contributed by atoms with Crippen LogP contribution in [0.1, 0.15) is 0 Å². The molecule has 0 unspecified atom stereocenters. The normalized spacial score (nSPS) is 8.67. The lowest BCUT2D eigenvalue weighted by molar-refractivity contribution is -0.385. The van der Waals surface area contributed by atoms with Crippen LogP contribution in [0.5, 0.6) is 0 Å². The van der Waals surface area contributed by atoms with E-state index in [4.69, 9.17) is 0 Å². The summed E-state index contributed by atoms with van der Waals surface area (Å²) in [6, 6.07) is 10.8. The zero-order chi connectivity index (χ0) is 17.9. The summed E-state index contributed by atoms with van der Waals surface area (Å²) in [6.45, 7) is 0. The lowest BCUT2D eigenvalue weighted by Gasteiger charge is -1.90. The van der Waals surface area contributed by atoms with Gasteiger partial charge in [0.15, 0.2) is 0 Å². The summed E-state index contributed by atoms with van der Waals surface area (Å²) in [5, 5.41) is 20.4. The molecular weight excluding hydrogens is 320 g/mol. The van der Waals surface area contributed by atoms with Crippen molar-refractivity contribution in [2.45, 2.75) is 0 Å². The molecule has 0 heterocycles. The largest absolute Gasteiger partial charge is 0.271 e. The van der Waals surface area contributed by atoms with Crippen LogP contribution in [-0.4, -0.2) is 22.0 Å². The number of hydrogen-bond donors (Lipinski definition) is 0. The van der Waals surface area contributed by atoms with Crippen molar-refractivity contribution in [2.75, 3.05) is 0 Å². The third-order valence-corrected chi connectivity index (χ3v) is 2.45. The predicted molar refractivity (Wildman–Crippen MR) is 81.8 cm³/mol. The lowest BCUT2D eigenvalue weighted by atomic mass is 10.3. The number of carbonyl (C=O) groups excluding carboxylic acids is 2. The van der Waals surface area contributed by atoms with Gasteiger partial charge >= 0.3 is 0 Å². The second-order valence-electron chi connectivity index (χ2n) is 3.96. The Morgan fingerprint density at radius 3 is 1.79 bits per heavy atom. The molecule has 0 N–H and O–H groups in total. The van der Waals surface area contributed by atoms with Crippen LogP contribution < -0.4 is 0 Å². The van der Waals surface area contributed by atoms with Crippen molar-refractivity contribution < 1.29 is 19.4 Å². The van der Waals surface area contributed by atoms with Crippen molar-refractivity contribution in [3.05, 3.63) is 68.8 Å². The van der Waals surface area contributed by atoms with Gasteiger partial charge < -0.3 is 0 Å². The first kappa shape index (κ1) is 18.1. The maximum Gasteiger partial charge on any atom is 0.271 e. The molecule has 2 aromatic rings. The summed E-state index contributed by atoms with van der Waals surface area (Å²) in [5.74, 6) is 0. The number of nitrogens with zero attached hydrogens (tertiary/aromatic N) is 4. The first-order valence-electron chi connectivity index (χ1n) is 6.12. The van der Waals surface area contributed by atoms with E-state index in [0.717, 1.165) is 0 Å². The van der Waals surface area contributed by atoms with Crippen LogP contribution in [0.25, 0.3) is 0 Å². The topological polar surface area (TPSA) is 145 Å². The summed E-state index contributed by atoms with van der Waals surface area (Å²) in [6.07, 6.45) is 2.64. The number of non-ortho nitro benzene ring substituents is 2. The molecule has 0 aliphatic heterocycles. The minimum atomic E-state index is -0.552. The maximum atomic E-state index is 10.2. The first-order valence-corrected chi connectivity index (χ1v) is 6.12. The molecule has 0 fully saturated rings. The number of benzene rings is 2. The van der Waals surface area contributed by atoms with E-state index >= 15 is 0 Å². The van der Waals surface area contributed by atoms with Crippen LogP contribution in [-0.2, 0) is 9.59 Å². The van der Waals surface area contributed by atoms with Crippen molar-refractivity contribution in [3.63, 3.8) is 0 Å². The highest BCUT2D eigenvalue weighted by molar-refractivity contribution is 5.53. The van der Waals surface area contributed by atoms with Crippen LogP contribution in [0, 0.1) is 20.2 Å². The number of hydrogen-bond acceptors (Lipinski definition) is 8. The van der Waals surface area contributed by atoms with Crippen LogP contribution in [0.4, 0.5) is 22.7 Å². The Bertz CT molecular complexity index is 798. The van der Waals surface area contributed by atoms with Gasteiger partial charge in [0.1, 0.15) is 0 Å². The second kappa shape index (κ2) is 9.11. The van der Waals surface area contributed by atoms with E-state index in [-0.39, 0.29) is 17.1 Å². The standard InChI is InChI=1S/2C7H4N2O3/c10-5-8-6-1-3-7(4-2-6)9(11)12;10-5-8-6-2-1-3-7(4-6)9(11)12/h2*1-4H. The fraction of sp³-hybridized carbons (Fsp3) is 0. The predicted octanol–water partition coefficient (Wildman–Crippen LogP) is 3.12. The minimum Gasteiger partial charge on any atom is -0.258 e. The Morgan fingerprint density at radius 1 is 0.750 bits per heavy atom. The molecule has 10 nitrogen and oxygen atoms in total. The molecule has 120 valence electrons. The smallest absolute Gasteiger partial charge is 0.258 e. The lowest BCUT2D eigenvalue weighted by Crippen LogP contribution is -1.85. The summed E-state index contributed by atoms with van der Waals surface area (Å²) < 4.78 is 0. The number of aliphatic imine (C=N–C) groups is 2. The Hall–Kier alpha value is -4.00. The summed E-state index contributed by atoms with van der Waals surface area (Å²) in [4.78, 5) is 45.4. The molecule has 10 heteroatoms. The van der Waals surface area contributed by atoms with Crippen molar-refractivity contribution in [1.82, 2.24) is 0 Å². The molecule has 0 radical (unpaired) electrons. The Balaban J connectivity index is 0.000000240. The van der Waals surface area contributed by atoms with Gasteiger partial charge in [-0.3, -0.25) is 20.2 Å². The van der Waals surface area contributed by atoms with Crippen molar-refractivity contribution in [2.24, 2.45) is 9.98 Å². The third-order valence-electron chi connectivity index (χ3n) is 2.45. The van der Waals surface area contributed by atoms with Gasteiger partial charge in [-0.25, -0.2) is 9.59 Å². The van der Waals surface area contributed by atoms with Crippen molar-refractivity contribution >= 4 is 34.9 Å². The molecule has 0 aromatic heterocycles. The fourth-order valence-corrected chi connectivity index (χ4v) is 1.43. The molecule has 24 heavy (non-hydrogen) atoms. The maximum absolute atomic E-state index is 10.2. The number of isocyanates is 2. The second-order valence-corrected chi connectivity index (χ2v) is 3.96. The molecular formula is C14H8N4O6. The van der Waals surface area contributed by atoms with Gasteiger partial charge in [-0.05, 0) is 18.2 Å². The van der Waals surface area contributed by atoms with E-state index in [9.17, 15) is 29.8 Å². The first-order chi connectivity index (χ1) is 11.5. The van der Waals surface area contributed by atoms with E-state index in [0.29, 0.717) is 5.69 Å². The number of nitro groups is 2. The van der Waals surface area contributed by atoms with Crippen molar-refractivity contribution in [1.29, 1.82) is 0 Å². The Morgan fingerprint density at radius 2 is 1.29 bits per heavy atom. The molecule has 0 bridgehead atoms. The summed E-state index contributed by atoms with van der Waals surface area (Å²) >= 11 is 0. The molecule has 0 aliphatic carbocycles. The molecule has 0 atom stereocenters. The van der Waals surface area contributed by atoms with E-state index in [2.05, 4.69) is 9.98 Å². The van der Waals surface area contributed by atoms with E-state index in [1.165, 1.54) is 60.7 Å². The van der Waals surface area contributed by atoms with Gasteiger partial charge in [0.25, 0.3) is 11.4 Å². The zero-order valence-corrected chi connectivity index (χ0v) is 11.9. The SMILES string of the molecule is O=C=Nc1ccc([N+](=O)[O-])cc1.O=C=Nc1cccc([N+](=O)[O-])c1. The van der Waals surface area contributed by atoms with Crippen LogP contribution in [0.15, 0.2) is 58.5 Å². The highest BCUT2D eigenvalue weighted by Crippen LogP contribution is 2.18. The summed E-state index contributed by atoms with van der Waals surface area (Å²) in [7, 11) is 0. The van der Waals surface area contributed by atoms with Gasteiger partial charge in [0.2, 0.25) is 12.2 Å². The molecule has 0 amide bonds. The van der Waals surface area contributed by atoms with E-state index in [1.807, 2.05) is 0 Å². The van der Waals surface area contributed by atoms with E-state index < -0.39 is 9.85 Å². The third kappa shape index (κ3) is 5.78. The molecule has 0 spiro atoms. The average Bonchev–Trinajstić information content (AvgIpc) is 2.57. The van der Waals surface area contributed by atoms with Gasteiger partial charge in [0, 0.05) is 24.3 Å². The number of nitro benzene ring substituents is 2. The van der Waals surface area contributed by atoms with E-state index in [1.54, 1.807) is 0 Å². The van der Waals surface area contributed by atoms with Gasteiger partial charge in [-0.15, -0.1) is 0 Å². The molecule has 0 saturated heterocycles. The quantitative estimate of drug-likeness (QED) is 0.364. The zero-order valence-electron chi connectivity index (χ0n) is 11.9. The van der Waals surface area contributed by atoms with Crippen LogP contribution in [0.3, 0.4) is 0 Å². The monoisotopic (exact) mass is 328 g/mol. The van der Waals surface area contributed by atoms with Crippen LogP contribution >= 0.6 is 0 Å².